The van der Waals surface area contributed by atoms with Gasteiger partial charge < -0.3 is 15.5 Å². The van der Waals surface area contributed by atoms with Gasteiger partial charge in [0.25, 0.3) is 0 Å². The fraction of sp³-hybridized carbons (Fsp3) is 0.846. The van der Waals surface area contributed by atoms with Crippen LogP contribution in [0.2, 0.25) is 0 Å². The van der Waals surface area contributed by atoms with Crippen molar-refractivity contribution in [2.24, 2.45) is 11.8 Å². The molecule has 0 unspecified atom stereocenters. The van der Waals surface area contributed by atoms with Crippen molar-refractivity contribution in [3.05, 3.63) is 0 Å². The number of carbonyl (C=O) groups is 2. The molecule has 3 N–H and O–H groups in total. The molecule has 0 aromatic heterocycles. The Labute approximate surface area is 107 Å². The molecule has 2 aliphatic carbocycles. The molecule has 0 radical (unpaired) electrons. The zero-order valence-corrected chi connectivity index (χ0v) is 10.5. The predicted octanol–water partition coefficient (Wildman–Crippen LogP) is 0.909. The first kappa shape index (κ1) is 13.3. The molecule has 0 aromatic rings. The molecule has 2 saturated carbocycles. The number of aliphatic hydroxyl groups is 1. The maximum absolute atomic E-state index is 12.0. The van der Waals surface area contributed by atoms with E-state index in [1.165, 1.54) is 0 Å². The lowest BCUT2D eigenvalue weighted by molar-refractivity contribution is -0.146. The topological polar surface area (TPSA) is 86.6 Å². The average Bonchev–Trinajstić information content (AvgIpc) is 2.95. The van der Waals surface area contributed by atoms with E-state index < -0.39 is 23.4 Å². The molecule has 18 heavy (non-hydrogen) atoms. The summed E-state index contributed by atoms with van der Waals surface area (Å²) < 4.78 is 0. The van der Waals surface area contributed by atoms with Crippen molar-refractivity contribution in [1.29, 1.82) is 0 Å². The molecule has 1 amide bonds. The number of carboxylic acids is 1. The Kier molecular flexibility index (Phi) is 3.90. The lowest BCUT2D eigenvalue weighted by Gasteiger charge is -2.24. The number of hydrogen-bond acceptors (Lipinski definition) is 3. The number of hydrogen-bond donors (Lipinski definition) is 3. The van der Waals surface area contributed by atoms with Gasteiger partial charge in [-0.2, -0.15) is 0 Å². The van der Waals surface area contributed by atoms with E-state index in [4.69, 9.17) is 5.11 Å². The van der Waals surface area contributed by atoms with Gasteiger partial charge in [0.15, 0.2) is 0 Å². The number of nitrogens with one attached hydrogen (secondary N) is 1. The highest BCUT2D eigenvalue weighted by atomic mass is 16.4. The van der Waals surface area contributed by atoms with Crippen molar-refractivity contribution in [1.82, 2.24) is 5.32 Å². The lowest BCUT2D eigenvalue weighted by Crippen LogP contribution is -2.44. The highest BCUT2D eigenvalue weighted by Crippen LogP contribution is 2.33. The van der Waals surface area contributed by atoms with E-state index in [2.05, 4.69) is 5.32 Å². The summed E-state index contributed by atoms with van der Waals surface area (Å²) in [4.78, 5) is 23.0. The van der Waals surface area contributed by atoms with Crippen LogP contribution in [0.4, 0.5) is 0 Å². The summed E-state index contributed by atoms with van der Waals surface area (Å²) in [7, 11) is 0. The minimum Gasteiger partial charge on any atom is -0.481 e. The van der Waals surface area contributed by atoms with Gasteiger partial charge in [0.2, 0.25) is 5.91 Å². The second kappa shape index (κ2) is 5.26. The van der Waals surface area contributed by atoms with E-state index in [-0.39, 0.29) is 12.5 Å². The largest absolute Gasteiger partial charge is 0.481 e. The van der Waals surface area contributed by atoms with E-state index in [0.29, 0.717) is 12.8 Å². The summed E-state index contributed by atoms with van der Waals surface area (Å²) >= 11 is 0. The molecule has 5 heteroatoms. The quantitative estimate of drug-likeness (QED) is 0.697. The monoisotopic (exact) mass is 255 g/mol. The molecule has 5 nitrogen and oxygen atoms in total. The van der Waals surface area contributed by atoms with Gasteiger partial charge in [0.1, 0.15) is 0 Å². The van der Waals surface area contributed by atoms with Crippen molar-refractivity contribution in [2.75, 3.05) is 6.54 Å². The number of aliphatic carboxylic acids is 1. The fourth-order valence-corrected chi connectivity index (χ4v) is 3.16. The van der Waals surface area contributed by atoms with Crippen LogP contribution in [-0.4, -0.2) is 34.2 Å². The Morgan fingerprint density at radius 3 is 2.33 bits per heavy atom. The smallest absolute Gasteiger partial charge is 0.307 e. The molecule has 0 heterocycles. The predicted molar refractivity (Wildman–Crippen MR) is 64.9 cm³/mol. The van der Waals surface area contributed by atoms with Crippen molar-refractivity contribution in [3.63, 3.8) is 0 Å². The van der Waals surface area contributed by atoms with E-state index in [1.54, 1.807) is 0 Å². The molecular weight excluding hydrogens is 234 g/mol. The van der Waals surface area contributed by atoms with E-state index in [9.17, 15) is 14.7 Å². The summed E-state index contributed by atoms with van der Waals surface area (Å²) in [5.41, 5.74) is -0.771. The van der Waals surface area contributed by atoms with Gasteiger partial charge in [-0.1, -0.05) is 19.3 Å². The van der Waals surface area contributed by atoms with E-state index >= 15 is 0 Å². The van der Waals surface area contributed by atoms with Crippen LogP contribution in [0.1, 0.15) is 44.9 Å². The SMILES string of the molecule is O=C(O)[C@H]1CCC[C@H]1C(=O)NCC1(O)CCCC1. The van der Waals surface area contributed by atoms with Crippen LogP contribution in [0.3, 0.4) is 0 Å². The molecule has 2 fully saturated rings. The van der Waals surface area contributed by atoms with Crippen LogP contribution >= 0.6 is 0 Å². The average molecular weight is 255 g/mol. The van der Waals surface area contributed by atoms with E-state index in [0.717, 1.165) is 32.1 Å². The Balaban J connectivity index is 1.86. The lowest BCUT2D eigenvalue weighted by atomic mass is 9.94. The minimum atomic E-state index is -0.882. The van der Waals surface area contributed by atoms with Crippen molar-refractivity contribution in [2.45, 2.75) is 50.5 Å². The third-order valence-corrected chi connectivity index (χ3v) is 4.30. The Morgan fingerprint density at radius 1 is 1.11 bits per heavy atom. The van der Waals surface area contributed by atoms with E-state index in [1.807, 2.05) is 0 Å². The molecule has 0 spiro atoms. The van der Waals surface area contributed by atoms with Crippen LogP contribution in [-0.2, 0) is 9.59 Å². The molecule has 2 aliphatic rings. The highest BCUT2D eigenvalue weighted by molar-refractivity contribution is 5.85. The van der Waals surface area contributed by atoms with Gasteiger partial charge in [-0.25, -0.2) is 0 Å². The zero-order valence-electron chi connectivity index (χ0n) is 10.5. The third kappa shape index (κ3) is 2.83. The first-order valence-electron chi connectivity index (χ1n) is 6.75. The molecule has 0 aliphatic heterocycles. The van der Waals surface area contributed by atoms with Gasteiger partial charge in [-0.15, -0.1) is 0 Å². The minimum absolute atomic E-state index is 0.208. The second-order valence-electron chi connectivity index (χ2n) is 5.63. The Bertz CT molecular complexity index is 336. The van der Waals surface area contributed by atoms with Crippen LogP contribution in [0.25, 0.3) is 0 Å². The molecular formula is C13H21NO4. The van der Waals surface area contributed by atoms with Crippen molar-refractivity contribution < 1.29 is 19.8 Å². The highest BCUT2D eigenvalue weighted by Gasteiger charge is 2.39. The number of carbonyl (C=O) groups excluding carboxylic acids is 1. The molecule has 0 aromatic carbocycles. The van der Waals surface area contributed by atoms with Gasteiger partial charge in [-0.3, -0.25) is 9.59 Å². The summed E-state index contributed by atoms with van der Waals surface area (Å²) in [5, 5.41) is 21.9. The zero-order chi connectivity index (χ0) is 13.2. The van der Waals surface area contributed by atoms with Gasteiger partial charge in [-0.05, 0) is 25.7 Å². The standard InChI is InChI=1S/C13H21NO4/c15-11(9-4-3-5-10(9)12(16)17)14-8-13(18)6-1-2-7-13/h9-10,18H,1-8H2,(H,14,15)(H,16,17)/t9-,10+/m1/s1. The third-order valence-electron chi connectivity index (χ3n) is 4.30. The summed E-state index contributed by atoms with van der Waals surface area (Å²) in [6.45, 7) is 0.259. The molecule has 102 valence electrons. The van der Waals surface area contributed by atoms with Gasteiger partial charge in [0.05, 0.1) is 17.4 Å². The van der Waals surface area contributed by atoms with Crippen LogP contribution in [0.15, 0.2) is 0 Å². The Morgan fingerprint density at radius 2 is 1.72 bits per heavy atom. The first-order valence-corrected chi connectivity index (χ1v) is 6.75. The van der Waals surface area contributed by atoms with Gasteiger partial charge in [0, 0.05) is 6.54 Å². The van der Waals surface area contributed by atoms with Crippen molar-refractivity contribution >= 4 is 11.9 Å². The molecule has 2 atom stereocenters. The number of carboxylic acid groups (broad SMARTS) is 1. The van der Waals surface area contributed by atoms with Crippen molar-refractivity contribution in [3.8, 4) is 0 Å². The van der Waals surface area contributed by atoms with Crippen LogP contribution in [0.5, 0.6) is 0 Å². The Hall–Kier alpha value is -1.10. The first-order chi connectivity index (χ1) is 8.52. The van der Waals surface area contributed by atoms with Crippen LogP contribution < -0.4 is 5.32 Å². The fourth-order valence-electron chi connectivity index (χ4n) is 3.16. The summed E-state index contributed by atoms with van der Waals surface area (Å²) in [6, 6.07) is 0. The van der Waals surface area contributed by atoms with Crippen LogP contribution in [0, 0.1) is 11.8 Å². The maximum Gasteiger partial charge on any atom is 0.307 e. The second-order valence-corrected chi connectivity index (χ2v) is 5.63. The van der Waals surface area contributed by atoms with Gasteiger partial charge >= 0.3 is 5.97 Å². The number of rotatable bonds is 4. The summed E-state index contributed by atoms with van der Waals surface area (Å²) in [5.74, 6) is -2.07. The molecule has 2 rings (SSSR count). The normalized spacial score (nSPS) is 30.3. The summed E-state index contributed by atoms with van der Waals surface area (Å²) in [6.07, 6.45) is 5.44. The number of amides is 1. The molecule has 0 bridgehead atoms. The molecule has 0 saturated heterocycles. The maximum atomic E-state index is 12.0.